The normalized spacial score (nSPS) is 15.2. The maximum absolute atomic E-state index is 13.1. The summed E-state index contributed by atoms with van der Waals surface area (Å²) in [5, 5.41) is 23.4. The second-order valence-corrected chi connectivity index (χ2v) is 7.37. The minimum Gasteiger partial charge on any atom is -0.508 e. The number of phenols is 1. The van der Waals surface area contributed by atoms with Crippen LogP contribution < -0.4 is 15.4 Å². The van der Waals surface area contributed by atoms with Crippen LogP contribution in [0.1, 0.15) is 31.0 Å². The number of pyridine rings is 1. The van der Waals surface area contributed by atoms with Gasteiger partial charge in [0.2, 0.25) is 11.8 Å². The smallest absolute Gasteiger partial charge is 0.420 e. The summed E-state index contributed by atoms with van der Waals surface area (Å²) in [6.45, 7) is 1.46. The molecule has 2 aromatic rings. The summed E-state index contributed by atoms with van der Waals surface area (Å²) in [6.07, 6.45) is -2.60. The van der Waals surface area contributed by atoms with E-state index < -0.39 is 46.5 Å². The summed E-state index contributed by atoms with van der Waals surface area (Å²) in [6, 6.07) is 7.32. The molecule has 1 aromatic heterocycles. The van der Waals surface area contributed by atoms with Crippen molar-refractivity contribution in [3.63, 3.8) is 0 Å². The monoisotopic (exact) mass is 448 g/mol. The first-order valence-electron chi connectivity index (χ1n) is 9.57. The number of nitrogens with zero attached hydrogens (tertiary/aromatic N) is 2. The van der Waals surface area contributed by atoms with Crippen molar-refractivity contribution < 1.29 is 32.6 Å². The molecule has 1 unspecified atom stereocenters. The van der Waals surface area contributed by atoms with Crippen molar-refractivity contribution in [3.05, 3.63) is 47.8 Å². The van der Waals surface area contributed by atoms with E-state index in [0.29, 0.717) is 24.6 Å². The van der Waals surface area contributed by atoms with Crippen LogP contribution in [0, 0.1) is 17.2 Å². The highest BCUT2D eigenvalue weighted by atomic mass is 19.4. The summed E-state index contributed by atoms with van der Waals surface area (Å²) in [4.78, 5) is 28.4. The van der Waals surface area contributed by atoms with Gasteiger partial charge in [-0.15, -0.1) is 0 Å². The Labute approximate surface area is 181 Å². The molecule has 32 heavy (non-hydrogen) atoms. The van der Waals surface area contributed by atoms with Gasteiger partial charge in [-0.05, 0) is 50.1 Å². The highest BCUT2D eigenvalue weighted by molar-refractivity contribution is 5.95. The number of rotatable bonds is 7. The van der Waals surface area contributed by atoms with E-state index >= 15 is 0 Å². The zero-order chi connectivity index (χ0) is 23.5. The van der Waals surface area contributed by atoms with Crippen molar-refractivity contribution in [1.82, 2.24) is 15.6 Å². The van der Waals surface area contributed by atoms with E-state index in [2.05, 4.69) is 15.6 Å². The van der Waals surface area contributed by atoms with Gasteiger partial charge in [-0.2, -0.15) is 18.4 Å². The Bertz CT molecular complexity index is 1060. The number of carbonyl (C=O) groups is 2. The fourth-order valence-corrected chi connectivity index (χ4v) is 2.81. The van der Waals surface area contributed by atoms with Gasteiger partial charge in [0.15, 0.2) is 0 Å². The first-order chi connectivity index (χ1) is 15.0. The number of carbonyl (C=O) groups excluding carboxylic acids is 2. The molecule has 0 radical (unpaired) electrons. The number of nitriles is 1. The predicted octanol–water partition coefficient (Wildman–Crippen LogP) is 3.02. The second kappa shape index (κ2) is 8.74. The van der Waals surface area contributed by atoms with Crippen LogP contribution in [0.2, 0.25) is 0 Å². The summed E-state index contributed by atoms with van der Waals surface area (Å²) >= 11 is 0. The average Bonchev–Trinajstić information content (AvgIpc) is 3.53. The van der Waals surface area contributed by atoms with Crippen LogP contribution in [0.3, 0.4) is 0 Å². The lowest BCUT2D eigenvalue weighted by molar-refractivity contribution is -0.138. The van der Waals surface area contributed by atoms with Crippen molar-refractivity contribution in [2.75, 3.05) is 0 Å². The molecule has 1 aromatic carbocycles. The van der Waals surface area contributed by atoms with E-state index in [1.807, 2.05) is 6.07 Å². The maximum Gasteiger partial charge on any atom is 0.420 e. The SMILES string of the molecule is CC(C#N)C(=O)NC1(C(=O)NCc2ccc(Oc3ccc(O)cc3C(F)(F)F)cn2)CC1. The van der Waals surface area contributed by atoms with Crippen LogP contribution in [0.4, 0.5) is 13.2 Å². The molecule has 1 atom stereocenters. The molecule has 1 heterocycles. The molecule has 8 nitrogen and oxygen atoms in total. The van der Waals surface area contributed by atoms with E-state index in [9.17, 15) is 27.9 Å². The molecule has 168 valence electrons. The fraction of sp³-hybridized carbons (Fsp3) is 0.333. The molecule has 3 rings (SSSR count). The predicted molar refractivity (Wildman–Crippen MR) is 104 cm³/mol. The van der Waals surface area contributed by atoms with Crippen molar-refractivity contribution in [2.24, 2.45) is 5.92 Å². The van der Waals surface area contributed by atoms with Gasteiger partial charge in [0.1, 0.15) is 34.3 Å². The van der Waals surface area contributed by atoms with Crippen LogP contribution in [0.25, 0.3) is 0 Å². The minimum atomic E-state index is -4.72. The first-order valence-corrected chi connectivity index (χ1v) is 9.57. The molecule has 1 saturated carbocycles. The summed E-state index contributed by atoms with van der Waals surface area (Å²) in [5.41, 5.74) is -1.74. The van der Waals surface area contributed by atoms with Crippen LogP contribution in [-0.4, -0.2) is 27.4 Å². The number of amides is 2. The number of hydrogen-bond acceptors (Lipinski definition) is 6. The molecule has 1 fully saturated rings. The van der Waals surface area contributed by atoms with E-state index in [0.717, 1.165) is 12.1 Å². The number of halogens is 3. The van der Waals surface area contributed by atoms with E-state index in [4.69, 9.17) is 10.00 Å². The number of aromatic hydroxyl groups is 1. The first kappa shape index (κ1) is 22.9. The lowest BCUT2D eigenvalue weighted by Crippen LogP contribution is -2.50. The molecular weight excluding hydrogens is 429 g/mol. The lowest BCUT2D eigenvalue weighted by atomic mass is 10.1. The zero-order valence-electron chi connectivity index (χ0n) is 16.9. The largest absolute Gasteiger partial charge is 0.508 e. The molecule has 0 aliphatic heterocycles. The molecule has 2 amide bonds. The van der Waals surface area contributed by atoms with Gasteiger partial charge in [0.05, 0.1) is 24.5 Å². The van der Waals surface area contributed by atoms with Gasteiger partial charge >= 0.3 is 6.18 Å². The molecular formula is C21H19F3N4O4. The highest BCUT2D eigenvalue weighted by Gasteiger charge is 2.51. The Morgan fingerprint density at radius 3 is 2.59 bits per heavy atom. The van der Waals surface area contributed by atoms with Crippen LogP contribution in [0.15, 0.2) is 36.5 Å². The standard InChI is InChI=1S/C21H19F3N4O4/c1-12(9-25)18(30)28-20(6-7-20)19(31)27-10-13-2-4-15(11-26-13)32-17-5-3-14(29)8-16(17)21(22,23)24/h2-5,8,11-12,29H,6-7,10H2,1H3,(H,27,31)(H,28,30). The maximum atomic E-state index is 13.1. The van der Waals surface area contributed by atoms with Crippen LogP contribution in [0.5, 0.6) is 17.2 Å². The molecule has 0 bridgehead atoms. The Morgan fingerprint density at radius 2 is 2.03 bits per heavy atom. The molecule has 11 heteroatoms. The molecule has 0 saturated heterocycles. The summed E-state index contributed by atoms with van der Waals surface area (Å²) in [5.74, 6) is -2.80. The van der Waals surface area contributed by atoms with Gasteiger partial charge in [-0.3, -0.25) is 14.6 Å². The van der Waals surface area contributed by atoms with Crippen molar-refractivity contribution in [1.29, 1.82) is 5.26 Å². The molecule has 1 aliphatic carbocycles. The van der Waals surface area contributed by atoms with Crippen molar-refractivity contribution in [2.45, 2.75) is 38.0 Å². The molecule has 3 N–H and O–H groups in total. The third-order valence-corrected chi connectivity index (χ3v) is 4.86. The topological polar surface area (TPSA) is 124 Å². The Morgan fingerprint density at radius 1 is 1.31 bits per heavy atom. The Balaban J connectivity index is 1.60. The van der Waals surface area contributed by atoms with Crippen LogP contribution >= 0.6 is 0 Å². The number of ether oxygens (including phenoxy) is 1. The van der Waals surface area contributed by atoms with Gasteiger partial charge in [-0.25, -0.2) is 0 Å². The van der Waals surface area contributed by atoms with Crippen molar-refractivity contribution in [3.8, 4) is 23.3 Å². The van der Waals surface area contributed by atoms with Gasteiger partial charge in [0, 0.05) is 0 Å². The quantitative estimate of drug-likeness (QED) is 0.598. The van der Waals surface area contributed by atoms with Gasteiger partial charge in [-0.1, -0.05) is 0 Å². The third-order valence-electron chi connectivity index (χ3n) is 4.86. The zero-order valence-corrected chi connectivity index (χ0v) is 16.9. The van der Waals surface area contributed by atoms with Crippen molar-refractivity contribution >= 4 is 11.8 Å². The summed E-state index contributed by atoms with van der Waals surface area (Å²) in [7, 11) is 0. The Kier molecular flexibility index (Phi) is 6.25. The minimum absolute atomic E-state index is 0.0253. The highest BCUT2D eigenvalue weighted by Crippen LogP contribution is 2.40. The lowest BCUT2D eigenvalue weighted by Gasteiger charge is -2.18. The third kappa shape index (κ3) is 5.26. The summed E-state index contributed by atoms with van der Waals surface area (Å²) < 4.78 is 44.6. The average molecular weight is 448 g/mol. The van der Waals surface area contributed by atoms with E-state index in [1.165, 1.54) is 25.3 Å². The second-order valence-electron chi connectivity index (χ2n) is 7.37. The molecule has 0 spiro atoms. The molecule has 1 aliphatic rings. The van der Waals surface area contributed by atoms with Crippen LogP contribution in [-0.2, 0) is 22.3 Å². The number of phenolic OH excluding ortho intramolecular Hbond substituents is 1. The van der Waals surface area contributed by atoms with E-state index in [1.54, 1.807) is 0 Å². The van der Waals surface area contributed by atoms with E-state index in [-0.39, 0.29) is 12.3 Å². The van der Waals surface area contributed by atoms with Gasteiger partial charge in [0.25, 0.3) is 0 Å². The number of benzene rings is 1. The fourth-order valence-electron chi connectivity index (χ4n) is 2.81. The Hall–Kier alpha value is -3.81. The number of alkyl halides is 3. The number of nitrogens with one attached hydrogen (secondary N) is 2. The number of hydrogen-bond donors (Lipinski definition) is 3. The number of aromatic nitrogens is 1. The van der Waals surface area contributed by atoms with Gasteiger partial charge < -0.3 is 20.5 Å².